The van der Waals surface area contributed by atoms with Crippen molar-refractivity contribution in [3.8, 4) is 5.75 Å². The van der Waals surface area contributed by atoms with Crippen LogP contribution in [0.15, 0.2) is 36.4 Å². The Morgan fingerprint density at radius 2 is 2.12 bits per heavy atom. The number of rotatable bonds is 10. The zero-order valence-corrected chi connectivity index (χ0v) is 15.5. The average Bonchev–Trinajstić information content (AvgIpc) is 3.02. The van der Waals surface area contributed by atoms with Crippen molar-refractivity contribution < 1.29 is 18.3 Å². The van der Waals surface area contributed by atoms with Crippen LogP contribution in [-0.4, -0.2) is 21.8 Å². The molecule has 0 aromatic heterocycles. The molecular weight excluding hydrogens is 338 g/mol. The second-order valence-corrected chi connectivity index (χ2v) is 7.47. The van der Waals surface area contributed by atoms with Crippen molar-refractivity contribution in [1.82, 2.24) is 4.72 Å². The van der Waals surface area contributed by atoms with Gasteiger partial charge in [-0.3, -0.25) is 4.79 Å². The summed E-state index contributed by atoms with van der Waals surface area (Å²) in [5.41, 5.74) is 1.13. The van der Waals surface area contributed by atoms with E-state index in [1.807, 2.05) is 31.2 Å². The van der Waals surface area contributed by atoms with E-state index in [1.54, 1.807) is 0 Å². The summed E-state index contributed by atoms with van der Waals surface area (Å²) < 4.78 is 20.4. The summed E-state index contributed by atoms with van der Waals surface area (Å²) in [6.45, 7) is 2.65. The van der Waals surface area contributed by atoms with Gasteiger partial charge in [-0.25, -0.2) is 4.72 Å². The lowest BCUT2D eigenvalue weighted by Crippen LogP contribution is -2.29. The van der Waals surface area contributed by atoms with Crippen molar-refractivity contribution in [2.75, 3.05) is 6.54 Å². The van der Waals surface area contributed by atoms with Gasteiger partial charge in [-0.05, 0) is 56.6 Å². The highest BCUT2D eigenvalue weighted by molar-refractivity contribution is 7.78. The molecule has 1 aliphatic rings. The van der Waals surface area contributed by atoms with Crippen LogP contribution in [0, 0.1) is 18.8 Å². The van der Waals surface area contributed by atoms with E-state index in [0.717, 1.165) is 24.8 Å². The van der Waals surface area contributed by atoms with Gasteiger partial charge in [-0.15, -0.1) is 0 Å². The second kappa shape index (κ2) is 10.4. The van der Waals surface area contributed by atoms with Crippen LogP contribution < -0.4 is 8.91 Å². The van der Waals surface area contributed by atoms with Crippen LogP contribution >= 0.6 is 0 Å². The van der Waals surface area contributed by atoms with E-state index in [-0.39, 0.29) is 6.42 Å². The smallest absolute Gasteiger partial charge is 0.303 e. The van der Waals surface area contributed by atoms with Gasteiger partial charge in [0.05, 0.1) is 0 Å². The molecule has 1 saturated carbocycles. The quantitative estimate of drug-likeness (QED) is 0.489. The minimum Gasteiger partial charge on any atom is -0.481 e. The molecule has 25 heavy (non-hydrogen) atoms. The number of hydrogen-bond acceptors (Lipinski definition) is 3. The lowest BCUT2D eigenvalue weighted by Gasteiger charge is -2.16. The first kappa shape index (κ1) is 19.7. The minimum atomic E-state index is -1.54. The van der Waals surface area contributed by atoms with Crippen LogP contribution in [-0.2, 0) is 16.1 Å². The molecule has 5 nitrogen and oxygen atoms in total. The fraction of sp³-hybridized carbons (Fsp3) is 0.526. The molecule has 0 heterocycles. The SMILES string of the molecule is Cc1ccc(OS(=O)NC[C@H]2CCCC2C=CCCCC(=O)O)cc1. The van der Waals surface area contributed by atoms with Crippen LogP contribution in [0.25, 0.3) is 0 Å². The average molecular weight is 365 g/mol. The van der Waals surface area contributed by atoms with E-state index >= 15 is 0 Å². The van der Waals surface area contributed by atoms with Crippen molar-refractivity contribution in [2.45, 2.75) is 45.4 Å². The number of allylic oxidation sites excluding steroid dienone is 2. The Morgan fingerprint density at radius 3 is 2.84 bits per heavy atom. The van der Waals surface area contributed by atoms with E-state index in [4.69, 9.17) is 9.29 Å². The summed E-state index contributed by atoms with van der Waals surface area (Å²) in [7, 11) is 0. The molecule has 138 valence electrons. The zero-order valence-electron chi connectivity index (χ0n) is 14.6. The Morgan fingerprint density at radius 1 is 1.36 bits per heavy atom. The fourth-order valence-electron chi connectivity index (χ4n) is 3.10. The van der Waals surface area contributed by atoms with E-state index in [0.29, 0.717) is 30.6 Å². The molecule has 0 radical (unpaired) electrons. The molecule has 0 aliphatic heterocycles. The molecule has 0 saturated heterocycles. The third-order valence-electron chi connectivity index (χ3n) is 4.52. The summed E-state index contributed by atoms with van der Waals surface area (Å²) in [6, 6.07) is 7.48. The maximum absolute atomic E-state index is 12.0. The molecule has 1 aromatic rings. The molecule has 1 aromatic carbocycles. The third-order valence-corrected chi connectivity index (χ3v) is 5.27. The predicted octanol–water partition coefficient (Wildman–Crippen LogP) is 3.77. The van der Waals surface area contributed by atoms with Crippen LogP contribution in [0.5, 0.6) is 5.75 Å². The van der Waals surface area contributed by atoms with Gasteiger partial charge in [0.1, 0.15) is 5.75 Å². The fourth-order valence-corrected chi connectivity index (χ4v) is 3.80. The molecule has 0 bridgehead atoms. The maximum atomic E-state index is 12.0. The number of carboxylic acids is 1. The monoisotopic (exact) mass is 365 g/mol. The number of aryl methyl sites for hydroxylation is 1. The highest BCUT2D eigenvalue weighted by Gasteiger charge is 2.25. The van der Waals surface area contributed by atoms with Crippen molar-refractivity contribution in [3.05, 3.63) is 42.0 Å². The molecule has 0 amide bonds. The van der Waals surface area contributed by atoms with Gasteiger partial charge in [-0.2, -0.15) is 4.21 Å². The molecule has 6 heteroatoms. The lowest BCUT2D eigenvalue weighted by atomic mass is 9.95. The van der Waals surface area contributed by atoms with E-state index in [9.17, 15) is 9.00 Å². The van der Waals surface area contributed by atoms with Crippen LogP contribution in [0.1, 0.15) is 44.1 Å². The second-order valence-electron chi connectivity index (χ2n) is 6.55. The number of carboxylic acid groups (broad SMARTS) is 1. The molecule has 2 rings (SSSR count). The van der Waals surface area contributed by atoms with Crippen LogP contribution in [0.3, 0.4) is 0 Å². The standard InChI is InChI=1S/C19H27NO4S/c1-15-10-12-18(13-11-15)24-25(23)20-14-17-8-5-7-16(17)6-3-2-4-9-19(21)22/h3,6,10-13,16-17,20H,2,4-5,7-9,14H2,1H3,(H,21,22)/t16?,17-,25?/m1/s1. The largest absolute Gasteiger partial charge is 0.481 e. The van der Waals surface area contributed by atoms with Gasteiger partial charge in [0.25, 0.3) is 11.3 Å². The first-order valence-electron chi connectivity index (χ1n) is 8.83. The van der Waals surface area contributed by atoms with Crippen LogP contribution in [0.2, 0.25) is 0 Å². The maximum Gasteiger partial charge on any atom is 0.303 e. The van der Waals surface area contributed by atoms with Gasteiger partial charge in [0.15, 0.2) is 0 Å². The topological polar surface area (TPSA) is 75.6 Å². The summed E-state index contributed by atoms with van der Waals surface area (Å²) in [5, 5.41) is 8.63. The van der Waals surface area contributed by atoms with Gasteiger partial charge in [0.2, 0.25) is 0 Å². The highest BCUT2D eigenvalue weighted by Crippen LogP contribution is 2.32. The molecule has 0 spiro atoms. The first-order chi connectivity index (χ1) is 12.0. The third kappa shape index (κ3) is 7.40. The number of benzene rings is 1. The zero-order chi connectivity index (χ0) is 18.1. The van der Waals surface area contributed by atoms with Crippen molar-refractivity contribution in [3.63, 3.8) is 0 Å². The van der Waals surface area contributed by atoms with E-state index in [2.05, 4.69) is 16.9 Å². The first-order valence-corrected chi connectivity index (χ1v) is 9.91. The summed E-state index contributed by atoms with van der Waals surface area (Å²) in [6.07, 6.45) is 9.39. The normalized spacial score (nSPS) is 21.5. The predicted molar refractivity (Wildman–Crippen MR) is 99.4 cm³/mol. The molecule has 2 N–H and O–H groups in total. The molecular formula is C19H27NO4S. The van der Waals surface area contributed by atoms with Crippen molar-refractivity contribution >= 4 is 17.2 Å². The number of nitrogens with one attached hydrogen (secondary N) is 1. The number of hydrogen-bond donors (Lipinski definition) is 2. The molecule has 3 atom stereocenters. The summed E-state index contributed by atoms with van der Waals surface area (Å²) in [4.78, 5) is 10.5. The summed E-state index contributed by atoms with van der Waals surface area (Å²) >= 11 is -1.54. The Bertz CT molecular complexity index is 600. The van der Waals surface area contributed by atoms with Gasteiger partial charge >= 0.3 is 5.97 Å². The molecule has 1 aliphatic carbocycles. The number of unbranched alkanes of at least 4 members (excludes halogenated alkanes) is 1. The van der Waals surface area contributed by atoms with Gasteiger partial charge in [0, 0.05) is 13.0 Å². The van der Waals surface area contributed by atoms with E-state index in [1.165, 1.54) is 6.42 Å². The Labute approximate surface area is 152 Å². The number of aliphatic carboxylic acids is 1. The minimum absolute atomic E-state index is 0.218. The molecule has 1 fully saturated rings. The van der Waals surface area contributed by atoms with Crippen molar-refractivity contribution in [1.29, 1.82) is 0 Å². The lowest BCUT2D eigenvalue weighted by molar-refractivity contribution is -0.137. The summed E-state index contributed by atoms with van der Waals surface area (Å²) in [5.74, 6) is 0.764. The van der Waals surface area contributed by atoms with Gasteiger partial charge < -0.3 is 9.29 Å². The van der Waals surface area contributed by atoms with Crippen molar-refractivity contribution in [2.24, 2.45) is 11.8 Å². The van der Waals surface area contributed by atoms with Gasteiger partial charge in [-0.1, -0.05) is 36.3 Å². The van der Waals surface area contributed by atoms with Crippen LogP contribution in [0.4, 0.5) is 0 Å². The Kier molecular flexibility index (Phi) is 8.15. The number of carbonyl (C=O) groups is 1. The Hall–Kier alpha value is -1.66. The Balaban J connectivity index is 1.71. The molecule has 2 unspecified atom stereocenters. The van der Waals surface area contributed by atoms with E-state index < -0.39 is 17.2 Å². The highest BCUT2D eigenvalue weighted by atomic mass is 32.2.